The van der Waals surface area contributed by atoms with Crippen LogP contribution in [0, 0.1) is 6.92 Å². The number of aryl methyl sites for hydroxylation is 1. The van der Waals surface area contributed by atoms with Gasteiger partial charge in [-0.1, -0.05) is 63.7 Å². The summed E-state index contributed by atoms with van der Waals surface area (Å²) in [5, 5.41) is 9.03. The van der Waals surface area contributed by atoms with Gasteiger partial charge in [0.05, 0.1) is 16.0 Å². The van der Waals surface area contributed by atoms with Crippen LogP contribution < -0.4 is 16.0 Å². The second-order valence-corrected chi connectivity index (χ2v) is 12.2. The molecule has 0 radical (unpaired) electrons. The first kappa shape index (κ1) is 29.2. The summed E-state index contributed by atoms with van der Waals surface area (Å²) < 4.78 is 1.94. The number of halogens is 1. The molecule has 5 rings (SSSR count). The first-order chi connectivity index (χ1) is 20.3. The second-order valence-electron chi connectivity index (χ2n) is 9.24. The van der Waals surface area contributed by atoms with E-state index in [1.54, 1.807) is 42.5 Å². The Hall–Kier alpha value is -4.25. The van der Waals surface area contributed by atoms with Crippen molar-refractivity contribution < 1.29 is 14.4 Å². The van der Waals surface area contributed by atoms with Crippen molar-refractivity contribution in [1.82, 2.24) is 10.3 Å². The van der Waals surface area contributed by atoms with Crippen LogP contribution in [-0.4, -0.2) is 28.5 Å². The molecule has 0 aliphatic rings. The maximum atomic E-state index is 13.2. The lowest BCUT2D eigenvalue weighted by molar-refractivity contribution is -0.114. The summed E-state index contributed by atoms with van der Waals surface area (Å²) >= 11 is 6.24. The minimum absolute atomic E-state index is 0.103. The van der Waals surface area contributed by atoms with Crippen LogP contribution in [0.3, 0.4) is 0 Å². The number of amides is 3. The molecule has 4 aromatic carbocycles. The number of nitrogens with one attached hydrogen (secondary N) is 3. The SMILES string of the molecule is Cc1ccc2nc(NC(=O)CSc3ccc(NC(=O)/C(=C/c4ccc(Br)cc4)NC(=O)c4ccccc4)cc3)sc2c1. The number of nitrogens with zero attached hydrogens (tertiary/aromatic N) is 1. The molecule has 42 heavy (non-hydrogen) atoms. The van der Waals surface area contributed by atoms with Crippen molar-refractivity contribution in [3.63, 3.8) is 0 Å². The van der Waals surface area contributed by atoms with Crippen molar-refractivity contribution in [2.45, 2.75) is 11.8 Å². The molecule has 0 saturated heterocycles. The summed E-state index contributed by atoms with van der Waals surface area (Å²) in [5.74, 6) is -0.787. The van der Waals surface area contributed by atoms with Gasteiger partial charge in [-0.3, -0.25) is 14.4 Å². The molecular formula is C32H25BrN4O3S2. The molecule has 10 heteroatoms. The third-order valence-corrected chi connectivity index (χ3v) is 8.46. The van der Waals surface area contributed by atoms with Crippen LogP contribution in [0.2, 0.25) is 0 Å². The summed E-state index contributed by atoms with van der Waals surface area (Å²) in [6.07, 6.45) is 1.62. The molecule has 1 heterocycles. The van der Waals surface area contributed by atoms with Crippen LogP contribution in [0.1, 0.15) is 21.5 Å². The number of benzene rings is 4. The number of aromatic nitrogens is 1. The Labute approximate surface area is 259 Å². The van der Waals surface area contributed by atoms with Crippen LogP contribution in [0.25, 0.3) is 16.3 Å². The van der Waals surface area contributed by atoms with E-state index in [-0.39, 0.29) is 23.3 Å². The lowest BCUT2D eigenvalue weighted by atomic mass is 10.1. The predicted octanol–water partition coefficient (Wildman–Crippen LogP) is 7.51. The number of fused-ring (bicyclic) bond motifs is 1. The highest BCUT2D eigenvalue weighted by Crippen LogP contribution is 2.27. The molecule has 3 N–H and O–H groups in total. The number of thiazole rings is 1. The Kier molecular flexibility index (Phi) is 9.48. The third kappa shape index (κ3) is 7.94. The fourth-order valence-corrected chi connectivity index (χ4v) is 5.83. The molecule has 0 fully saturated rings. The van der Waals surface area contributed by atoms with Gasteiger partial charge in [-0.25, -0.2) is 4.98 Å². The Balaban J connectivity index is 1.20. The monoisotopic (exact) mass is 656 g/mol. The maximum absolute atomic E-state index is 13.2. The Morgan fingerprint density at radius 2 is 1.64 bits per heavy atom. The summed E-state index contributed by atoms with van der Waals surface area (Å²) in [5.41, 5.74) is 3.85. The Morgan fingerprint density at radius 3 is 2.38 bits per heavy atom. The number of thioether (sulfide) groups is 1. The van der Waals surface area contributed by atoms with Crippen LogP contribution >= 0.6 is 39.0 Å². The number of carbonyl (C=O) groups excluding carboxylic acids is 3. The normalized spacial score (nSPS) is 11.2. The fourth-order valence-electron chi connectivity index (χ4n) is 3.89. The van der Waals surface area contributed by atoms with Crippen molar-refractivity contribution in [2.75, 3.05) is 16.4 Å². The summed E-state index contributed by atoms with van der Waals surface area (Å²) in [7, 11) is 0. The summed E-state index contributed by atoms with van der Waals surface area (Å²) in [6.45, 7) is 2.02. The zero-order chi connectivity index (χ0) is 29.5. The predicted molar refractivity (Wildman–Crippen MR) is 175 cm³/mol. The number of hydrogen-bond acceptors (Lipinski definition) is 6. The lowest BCUT2D eigenvalue weighted by Crippen LogP contribution is -2.30. The average Bonchev–Trinajstić information content (AvgIpc) is 3.39. The van der Waals surface area contributed by atoms with E-state index in [4.69, 9.17) is 0 Å². The highest BCUT2D eigenvalue weighted by molar-refractivity contribution is 9.10. The maximum Gasteiger partial charge on any atom is 0.272 e. The van der Waals surface area contributed by atoms with Crippen molar-refractivity contribution >= 4 is 83.9 Å². The van der Waals surface area contributed by atoms with Gasteiger partial charge in [0.1, 0.15) is 5.70 Å². The molecular weight excluding hydrogens is 632 g/mol. The molecule has 210 valence electrons. The van der Waals surface area contributed by atoms with E-state index in [0.717, 1.165) is 30.7 Å². The number of rotatable bonds is 9. The fraction of sp³-hybridized carbons (Fsp3) is 0.0625. The van der Waals surface area contributed by atoms with E-state index in [0.29, 0.717) is 16.4 Å². The molecule has 0 aliphatic heterocycles. The van der Waals surface area contributed by atoms with Crippen molar-refractivity contribution in [3.8, 4) is 0 Å². The van der Waals surface area contributed by atoms with E-state index in [2.05, 4.69) is 42.9 Å². The van der Waals surface area contributed by atoms with Gasteiger partial charge in [-0.15, -0.1) is 11.8 Å². The average molecular weight is 658 g/mol. The van der Waals surface area contributed by atoms with Gasteiger partial charge in [0, 0.05) is 20.6 Å². The van der Waals surface area contributed by atoms with Crippen LogP contribution in [-0.2, 0) is 9.59 Å². The summed E-state index contributed by atoms with van der Waals surface area (Å²) in [4.78, 5) is 43.9. The second kappa shape index (κ2) is 13.6. The standard InChI is InChI=1S/C32H25BrN4O3S2/c1-20-7-16-26-28(17-20)42-32(36-26)37-29(38)19-41-25-14-12-24(13-15-25)34-31(40)27(18-21-8-10-23(33)11-9-21)35-30(39)22-5-3-2-4-6-22/h2-18H,19H2,1H3,(H,34,40)(H,35,39)(H,36,37,38)/b27-18-. The molecule has 0 aliphatic carbocycles. The third-order valence-electron chi connectivity index (χ3n) is 5.98. The highest BCUT2D eigenvalue weighted by atomic mass is 79.9. The van der Waals surface area contributed by atoms with Gasteiger partial charge < -0.3 is 16.0 Å². The van der Waals surface area contributed by atoms with E-state index in [1.165, 1.54) is 23.1 Å². The number of anilines is 2. The largest absolute Gasteiger partial charge is 0.321 e. The van der Waals surface area contributed by atoms with Crippen LogP contribution in [0.5, 0.6) is 0 Å². The van der Waals surface area contributed by atoms with E-state index < -0.39 is 5.91 Å². The Bertz CT molecular complexity index is 1770. The smallest absolute Gasteiger partial charge is 0.272 e. The minimum atomic E-state index is -0.465. The first-order valence-electron chi connectivity index (χ1n) is 12.9. The van der Waals surface area contributed by atoms with Gasteiger partial charge in [0.2, 0.25) is 5.91 Å². The van der Waals surface area contributed by atoms with Crippen molar-refractivity contribution in [3.05, 3.63) is 124 Å². The molecule has 5 aromatic rings. The number of hydrogen-bond donors (Lipinski definition) is 3. The molecule has 1 aromatic heterocycles. The quantitative estimate of drug-likeness (QED) is 0.113. The van der Waals surface area contributed by atoms with Gasteiger partial charge in [0.15, 0.2) is 5.13 Å². The number of carbonyl (C=O) groups is 3. The molecule has 0 atom stereocenters. The van der Waals surface area contributed by atoms with E-state index in [1.807, 2.05) is 61.5 Å². The molecule has 0 spiro atoms. The van der Waals surface area contributed by atoms with Gasteiger partial charge >= 0.3 is 0 Å². The Morgan fingerprint density at radius 1 is 0.905 bits per heavy atom. The zero-order valence-corrected chi connectivity index (χ0v) is 25.6. The van der Waals surface area contributed by atoms with Crippen molar-refractivity contribution in [1.29, 1.82) is 0 Å². The lowest BCUT2D eigenvalue weighted by Gasteiger charge is -2.12. The molecule has 0 saturated carbocycles. The molecule has 0 bridgehead atoms. The highest BCUT2D eigenvalue weighted by Gasteiger charge is 2.15. The molecule has 0 unspecified atom stereocenters. The van der Waals surface area contributed by atoms with Crippen molar-refractivity contribution in [2.24, 2.45) is 0 Å². The van der Waals surface area contributed by atoms with E-state index in [9.17, 15) is 14.4 Å². The molecule has 3 amide bonds. The molecule has 7 nitrogen and oxygen atoms in total. The first-order valence-corrected chi connectivity index (χ1v) is 15.5. The van der Waals surface area contributed by atoms with Gasteiger partial charge in [0.25, 0.3) is 11.8 Å². The van der Waals surface area contributed by atoms with E-state index >= 15 is 0 Å². The summed E-state index contributed by atoms with van der Waals surface area (Å²) in [6, 6.07) is 29.3. The van der Waals surface area contributed by atoms with Gasteiger partial charge in [-0.2, -0.15) is 0 Å². The van der Waals surface area contributed by atoms with Crippen LogP contribution in [0.4, 0.5) is 10.8 Å². The van der Waals surface area contributed by atoms with Crippen LogP contribution in [0.15, 0.2) is 112 Å². The zero-order valence-electron chi connectivity index (χ0n) is 22.4. The van der Waals surface area contributed by atoms with Gasteiger partial charge in [-0.05, 0) is 84.8 Å². The minimum Gasteiger partial charge on any atom is -0.321 e. The topological polar surface area (TPSA) is 100 Å².